The summed E-state index contributed by atoms with van der Waals surface area (Å²) >= 11 is 1.77. The van der Waals surface area contributed by atoms with Crippen molar-refractivity contribution in [3.63, 3.8) is 0 Å². The second kappa shape index (κ2) is 8.06. The number of aryl methyl sites for hydroxylation is 1. The lowest BCUT2D eigenvalue weighted by molar-refractivity contribution is -0.148. The lowest BCUT2D eigenvalue weighted by atomic mass is 9.91. The van der Waals surface area contributed by atoms with E-state index in [-0.39, 0.29) is 17.8 Å². The van der Waals surface area contributed by atoms with Crippen LogP contribution in [0.25, 0.3) is 0 Å². The van der Waals surface area contributed by atoms with Crippen LogP contribution in [0.4, 0.5) is 0 Å². The van der Waals surface area contributed by atoms with Crippen LogP contribution in [0, 0.1) is 5.92 Å². The van der Waals surface area contributed by atoms with Gasteiger partial charge in [-0.1, -0.05) is 24.3 Å². The van der Waals surface area contributed by atoms with E-state index in [1.807, 2.05) is 4.90 Å². The van der Waals surface area contributed by atoms with Gasteiger partial charge < -0.3 is 9.64 Å². The van der Waals surface area contributed by atoms with E-state index >= 15 is 0 Å². The Morgan fingerprint density at radius 2 is 1.96 bits per heavy atom. The molecular formula is C19H25NO3S. The molecule has 1 saturated heterocycles. The first-order valence-electron chi connectivity index (χ1n) is 8.74. The maximum absolute atomic E-state index is 12.5. The smallest absolute Gasteiger partial charge is 0.308 e. The standard InChI is InChI=1S/C19H25NO3S/c1-23-19(22)15-9-11-20(12-10-15)18(21)13-24-17-8-4-6-14-5-2-3-7-16(14)17/h2-3,5,7,15,17H,4,6,8-13H2,1H3/t17-/m0/s1. The van der Waals surface area contributed by atoms with Gasteiger partial charge in [-0.15, -0.1) is 11.8 Å². The maximum atomic E-state index is 12.5. The molecular weight excluding hydrogens is 322 g/mol. The fourth-order valence-corrected chi connectivity index (χ4v) is 4.95. The zero-order valence-corrected chi connectivity index (χ0v) is 15.0. The molecule has 1 amide bonds. The van der Waals surface area contributed by atoms with E-state index in [0.717, 1.165) is 25.7 Å². The van der Waals surface area contributed by atoms with Gasteiger partial charge in [0.25, 0.3) is 0 Å². The van der Waals surface area contributed by atoms with Crippen LogP contribution in [-0.4, -0.2) is 42.7 Å². The molecule has 1 aromatic carbocycles. The molecule has 0 bridgehead atoms. The lowest BCUT2D eigenvalue weighted by Gasteiger charge is -2.31. The molecule has 0 radical (unpaired) electrons. The van der Waals surface area contributed by atoms with Gasteiger partial charge in [0.15, 0.2) is 0 Å². The number of carbonyl (C=O) groups excluding carboxylic acids is 2. The van der Waals surface area contributed by atoms with Crippen LogP contribution in [0.5, 0.6) is 0 Å². The number of piperidine rings is 1. The van der Waals surface area contributed by atoms with E-state index in [4.69, 9.17) is 4.74 Å². The van der Waals surface area contributed by atoms with Gasteiger partial charge in [0.1, 0.15) is 0 Å². The van der Waals surface area contributed by atoms with E-state index < -0.39 is 0 Å². The van der Waals surface area contributed by atoms with Crippen LogP contribution < -0.4 is 0 Å². The number of amides is 1. The number of carbonyl (C=O) groups is 2. The van der Waals surface area contributed by atoms with Crippen molar-refractivity contribution in [1.82, 2.24) is 4.90 Å². The van der Waals surface area contributed by atoms with E-state index in [0.29, 0.717) is 24.1 Å². The Morgan fingerprint density at radius 1 is 1.21 bits per heavy atom. The summed E-state index contributed by atoms with van der Waals surface area (Å²) < 4.78 is 4.80. The molecule has 0 N–H and O–H groups in total. The Bertz CT molecular complexity index is 596. The first-order chi connectivity index (χ1) is 11.7. The molecule has 1 aromatic rings. The summed E-state index contributed by atoms with van der Waals surface area (Å²) in [6, 6.07) is 8.61. The highest BCUT2D eigenvalue weighted by Crippen LogP contribution is 2.39. The summed E-state index contributed by atoms with van der Waals surface area (Å²) in [7, 11) is 1.43. The average molecular weight is 347 g/mol. The van der Waals surface area contributed by atoms with E-state index in [2.05, 4.69) is 24.3 Å². The Labute approximate surface area is 147 Å². The van der Waals surface area contributed by atoms with Gasteiger partial charge in [-0.25, -0.2) is 0 Å². The Hall–Kier alpha value is -1.49. The van der Waals surface area contributed by atoms with Gasteiger partial charge in [0.05, 0.1) is 18.8 Å². The largest absolute Gasteiger partial charge is 0.469 e. The fourth-order valence-electron chi connectivity index (χ4n) is 3.68. The van der Waals surface area contributed by atoms with Crippen LogP contribution in [0.3, 0.4) is 0 Å². The Morgan fingerprint density at radius 3 is 2.71 bits per heavy atom. The third-order valence-electron chi connectivity index (χ3n) is 5.10. The number of ether oxygens (including phenoxy) is 1. The van der Waals surface area contributed by atoms with Crippen molar-refractivity contribution >= 4 is 23.6 Å². The first kappa shape index (κ1) is 17.3. The second-order valence-electron chi connectivity index (χ2n) is 6.57. The molecule has 1 aliphatic heterocycles. The van der Waals surface area contributed by atoms with Crippen molar-refractivity contribution in [2.75, 3.05) is 26.0 Å². The van der Waals surface area contributed by atoms with Crippen molar-refractivity contribution in [1.29, 1.82) is 0 Å². The third kappa shape index (κ3) is 3.94. The molecule has 130 valence electrons. The number of benzene rings is 1. The molecule has 5 heteroatoms. The van der Waals surface area contributed by atoms with Crippen LogP contribution in [-0.2, 0) is 20.7 Å². The van der Waals surface area contributed by atoms with Gasteiger partial charge in [-0.2, -0.15) is 0 Å². The minimum absolute atomic E-state index is 0.0445. The molecule has 2 aliphatic rings. The predicted octanol–water partition coefficient (Wildman–Crippen LogP) is 3.21. The molecule has 1 aliphatic carbocycles. The number of methoxy groups -OCH3 is 1. The van der Waals surface area contributed by atoms with Gasteiger partial charge >= 0.3 is 5.97 Å². The number of fused-ring (bicyclic) bond motifs is 1. The van der Waals surface area contributed by atoms with Crippen molar-refractivity contribution in [2.45, 2.75) is 37.4 Å². The predicted molar refractivity (Wildman–Crippen MR) is 95.9 cm³/mol. The molecule has 1 heterocycles. The van der Waals surface area contributed by atoms with Crippen molar-refractivity contribution in [2.24, 2.45) is 5.92 Å². The number of likely N-dealkylation sites (tertiary alicyclic amines) is 1. The number of thioether (sulfide) groups is 1. The summed E-state index contributed by atoms with van der Waals surface area (Å²) in [5, 5.41) is 0.437. The lowest BCUT2D eigenvalue weighted by Crippen LogP contribution is -2.41. The summed E-state index contributed by atoms with van der Waals surface area (Å²) in [5.74, 6) is 0.542. The van der Waals surface area contributed by atoms with Gasteiger partial charge in [0.2, 0.25) is 5.91 Å². The van der Waals surface area contributed by atoms with Crippen LogP contribution in [0.2, 0.25) is 0 Å². The average Bonchev–Trinajstić information content (AvgIpc) is 2.65. The normalized spacial score (nSPS) is 21.2. The quantitative estimate of drug-likeness (QED) is 0.785. The molecule has 4 nitrogen and oxygen atoms in total. The molecule has 0 spiro atoms. The summed E-state index contributed by atoms with van der Waals surface area (Å²) in [5.41, 5.74) is 2.85. The monoisotopic (exact) mass is 347 g/mol. The Kier molecular flexibility index (Phi) is 5.82. The molecule has 0 unspecified atom stereocenters. The highest BCUT2D eigenvalue weighted by Gasteiger charge is 2.28. The molecule has 1 fully saturated rings. The second-order valence-corrected chi connectivity index (χ2v) is 7.76. The maximum Gasteiger partial charge on any atom is 0.308 e. The number of nitrogens with zero attached hydrogens (tertiary/aromatic N) is 1. The van der Waals surface area contributed by atoms with Crippen LogP contribution in [0.1, 0.15) is 42.1 Å². The van der Waals surface area contributed by atoms with Crippen LogP contribution in [0.15, 0.2) is 24.3 Å². The summed E-state index contributed by atoms with van der Waals surface area (Å²) in [6.45, 7) is 1.33. The molecule has 0 saturated carbocycles. The highest BCUT2D eigenvalue weighted by molar-refractivity contribution is 8.00. The summed E-state index contributed by atoms with van der Waals surface area (Å²) in [6.07, 6.45) is 4.94. The zero-order chi connectivity index (χ0) is 16.9. The topological polar surface area (TPSA) is 46.6 Å². The van der Waals surface area contributed by atoms with Crippen LogP contribution >= 0.6 is 11.8 Å². The molecule has 1 atom stereocenters. The van der Waals surface area contributed by atoms with Crippen molar-refractivity contribution < 1.29 is 14.3 Å². The van der Waals surface area contributed by atoms with Gasteiger partial charge in [0, 0.05) is 18.3 Å². The van der Waals surface area contributed by atoms with E-state index in [1.165, 1.54) is 24.7 Å². The number of rotatable bonds is 4. The fraction of sp³-hybridized carbons (Fsp3) is 0.579. The summed E-state index contributed by atoms with van der Waals surface area (Å²) in [4.78, 5) is 26.0. The first-order valence-corrected chi connectivity index (χ1v) is 9.79. The minimum atomic E-state index is -0.143. The van der Waals surface area contributed by atoms with E-state index in [1.54, 1.807) is 11.8 Å². The number of hydrogen-bond donors (Lipinski definition) is 0. The molecule has 3 rings (SSSR count). The number of hydrogen-bond acceptors (Lipinski definition) is 4. The van der Waals surface area contributed by atoms with Gasteiger partial charge in [-0.05, 0) is 43.2 Å². The number of esters is 1. The highest BCUT2D eigenvalue weighted by atomic mass is 32.2. The van der Waals surface area contributed by atoms with Crippen molar-refractivity contribution in [3.05, 3.63) is 35.4 Å². The van der Waals surface area contributed by atoms with Crippen molar-refractivity contribution in [3.8, 4) is 0 Å². The zero-order valence-electron chi connectivity index (χ0n) is 14.2. The Balaban J connectivity index is 1.50. The van der Waals surface area contributed by atoms with Gasteiger partial charge in [-0.3, -0.25) is 9.59 Å². The minimum Gasteiger partial charge on any atom is -0.469 e. The third-order valence-corrected chi connectivity index (χ3v) is 6.41. The molecule has 0 aromatic heterocycles. The SMILES string of the molecule is COC(=O)C1CCN(C(=O)CS[C@H]2CCCc3ccccc32)CC1. The van der Waals surface area contributed by atoms with E-state index in [9.17, 15) is 9.59 Å². The molecule has 24 heavy (non-hydrogen) atoms.